The summed E-state index contributed by atoms with van der Waals surface area (Å²) < 4.78 is 0. The SMILES string of the molecule is Cc1cccc(C)c1NC(=O)C(=O)N1C(C)(C)CC(N)CC1(C)C. The summed E-state index contributed by atoms with van der Waals surface area (Å²) in [4.78, 5) is 27.3. The van der Waals surface area contributed by atoms with E-state index < -0.39 is 22.9 Å². The fourth-order valence-electron chi connectivity index (χ4n) is 4.19. The maximum Gasteiger partial charge on any atom is 0.313 e. The van der Waals surface area contributed by atoms with Gasteiger partial charge < -0.3 is 16.0 Å². The molecule has 1 aromatic carbocycles. The molecular formula is C19H29N3O2. The lowest BCUT2D eigenvalue weighted by molar-refractivity contribution is -0.156. The average Bonchev–Trinajstić information content (AvgIpc) is 2.39. The third-order valence-corrected chi connectivity index (χ3v) is 4.85. The van der Waals surface area contributed by atoms with Crippen LogP contribution in [0.2, 0.25) is 0 Å². The number of carbonyl (C=O) groups is 2. The molecule has 1 fully saturated rings. The van der Waals surface area contributed by atoms with Gasteiger partial charge in [-0.25, -0.2) is 0 Å². The van der Waals surface area contributed by atoms with Crippen molar-refractivity contribution >= 4 is 17.5 Å². The van der Waals surface area contributed by atoms with Crippen LogP contribution in [0.5, 0.6) is 0 Å². The van der Waals surface area contributed by atoms with Gasteiger partial charge in [0, 0.05) is 22.8 Å². The van der Waals surface area contributed by atoms with E-state index in [0.29, 0.717) is 18.5 Å². The minimum atomic E-state index is -0.593. The number of para-hydroxylation sites is 1. The molecule has 0 aromatic heterocycles. The number of anilines is 1. The fraction of sp³-hybridized carbons (Fsp3) is 0.579. The molecule has 24 heavy (non-hydrogen) atoms. The Hall–Kier alpha value is -1.88. The molecule has 5 nitrogen and oxygen atoms in total. The van der Waals surface area contributed by atoms with Crippen LogP contribution in [0.15, 0.2) is 18.2 Å². The number of nitrogens with one attached hydrogen (secondary N) is 1. The summed E-state index contributed by atoms with van der Waals surface area (Å²) in [5.74, 6) is -1.09. The highest BCUT2D eigenvalue weighted by molar-refractivity contribution is 6.40. The van der Waals surface area contributed by atoms with E-state index >= 15 is 0 Å². The summed E-state index contributed by atoms with van der Waals surface area (Å²) in [5, 5.41) is 2.80. The molecule has 1 saturated heterocycles. The van der Waals surface area contributed by atoms with E-state index in [1.54, 1.807) is 4.90 Å². The third kappa shape index (κ3) is 3.46. The van der Waals surface area contributed by atoms with Crippen LogP contribution in [0.25, 0.3) is 0 Å². The number of hydrogen-bond acceptors (Lipinski definition) is 3. The van der Waals surface area contributed by atoms with Crippen molar-refractivity contribution in [2.24, 2.45) is 5.73 Å². The molecule has 0 aliphatic carbocycles. The van der Waals surface area contributed by atoms with Crippen LogP contribution in [0.1, 0.15) is 51.7 Å². The summed E-state index contributed by atoms with van der Waals surface area (Å²) in [6, 6.07) is 5.79. The normalized spacial score (nSPS) is 19.9. The number of piperidine rings is 1. The van der Waals surface area contributed by atoms with Crippen LogP contribution in [0, 0.1) is 13.8 Å². The molecule has 2 rings (SSSR count). The van der Waals surface area contributed by atoms with Gasteiger partial charge >= 0.3 is 11.8 Å². The predicted octanol–water partition coefficient (Wildman–Crippen LogP) is 2.75. The first-order valence-corrected chi connectivity index (χ1v) is 8.43. The maximum absolute atomic E-state index is 12.9. The number of nitrogens with zero attached hydrogens (tertiary/aromatic N) is 1. The lowest BCUT2D eigenvalue weighted by atomic mass is 9.77. The molecule has 0 radical (unpaired) electrons. The van der Waals surface area contributed by atoms with E-state index in [1.807, 2.05) is 59.7 Å². The number of benzene rings is 1. The van der Waals surface area contributed by atoms with E-state index in [1.165, 1.54) is 0 Å². The topological polar surface area (TPSA) is 75.4 Å². The molecule has 1 heterocycles. The van der Waals surface area contributed by atoms with Crippen LogP contribution in [0.4, 0.5) is 5.69 Å². The molecule has 0 saturated carbocycles. The Balaban J connectivity index is 2.28. The molecule has 2 amide bonds. The van der Waals surface area contributed by atoms with Crippen molar-refractivity contribution in [3.05, 3.63) is 29.3 Å². The first-order chi connectivity index (χ1) is 11.0. The monoisotopic (exact) mass is 331 g/mol. The molecular weight excluding hydrogens is 302 g/mol. The van der Waals surface area contributed by atoms with Gasteiger partial charge in [0.1, 0.15) is 0 Å². The van der Waals surface area contributed by atoms with Gasteiger partial charge in [-0.05, 0) is 65.5 Å². The van der Waals surface area contributed by atoms with Gasteiger partial charge in [-0.3, -0.25) is 9.59 Å². The lowest BCUT2D eigenvalue weighted by Gasteiger charge is -2.54. The summed E-state index contributed by atoms with van der Waals surface area (Å²) in [7, 11) is 0. The van der Waals surface area contributed by atoms with E-state index in [-0.39, 0.29) is 6.04 Å². The molecule has 0 spiro atoms. The molecule has 3 N–H and O–H groups in total. The van der Waals surface area contributed by atoms with Gasteiger partial charge in [0.15, 0.2) is 0 Å². The van der Waals surface area contributed by atoms with Gasteiger partial charge in [-0.15, -0.1) is 0 Å². The number of carbonyl (C=O) groups excluding carboxylic acids is 2. The number of rotatable bonds is 1. The van der Waals surface area contributed by atoms with Gasteiger partial charge in [-0.1, -0.05) is 18.2 Å². The lowest BCUT2D eigenvalue weighted by Crippen LogP contribution is -2.66. The van der Waals surface area contributed by atoms with Crippen molar-refractivity contribution in [3.8, 4) is 0 Å². The summed E-state index contributed by atoms with van der Waals surface area (Å²) >= 11 is 0. The molecule has 5 heteroatoms. The second-order valence-electron chi connectivity index (χ2n) is 8.15. The van der Waals surface area contributed by atoms with Gasteiger partial charge in [0.25, 0.3) is 0 Å². The molecule has 0 unspecified atom stereocenters. The first kappa shape index (κ1) is 18.5. The second-order valence-corrected chi connectivity index (χ2v) is 8.15. The summed E-state index contributed by atoms with van der Waals surface area (Å²) in [5.41, 5.74) is 7.81. The number of aryl methyl sites for hydroxylation is 2. The fourth-order valence-corrected chi connectivity index (χ4v) is 4.19. The Labute approximate surface area is 144 Å². The van der Waals surface area contributed by atoms with Crippen molar-refractivity contribution in [1.29, 1.82) is 0 Å². The Morgan fingerprint density at radius 3 is 2.00 bits per heavy atom. The minimum absolute atomic E-state index is 0.0284. The van der Waals surface area contributed by atoms with Gasteiger partial charge in [0.2, 0.25) is 0 Å². The molecule has 132 valence electrons. The quantitative estimate of drug-likeness (QED) is 0.777. The summed E-state index contributed by atoms with van der Waals surface area (Å²) in [6.07, 6.45) is 1.36. The highest BCUT2D eigenvalue weighted by atomic mass is 16.2. The van der Waals surface area contributed by atoms with Crippen LogP contribution in [-0.2, 0) is 9.59 Å². The zero-order chi connectivity index (χ0) is 18.3. The molecule has 1 aliphatic rings. The van der Waals surface area contributed by atoms with Crippen molar-refractivity contribution in [2.45, 2.75) is 71.5 Å². The van der Waals surface area contributed by atoms with Crippen molar-refractivity contribution in [3.63, 3.8) is 0 Å². The number of hydrogen-bond donors (Lipinski definition) is 2. The third-order valence-electron chi connectivity index (χ3n) is 4.85. The van der Waals surface area contributed by atoms with E-state index in [4.69, 9.17) is 5.73 Å². The second kappa shape index (κ2) is 6.20. The van der Waals surface area contributed by atoms with Crippen LogP contribution in [0.3, 0.4) is 0 Å². The zero-order valence-electron chi connectivity index (χ0n) is 15.6. The Morgan fingerprint density at radius 1 is 1.08 bits per heavy atom. The van der Waals surface area contributed by atoms with Crippen molar-refractivity contribution in [2.75, 3.05) is 5.32 Å². The van der Waals surface area contributed by atoms with E-state index in [0.717, 1.165) is 11.1 Å². The largest absolute Gasteiger partial charge is 0.328 e. The Bertz CT molecular complexity index is 626. The molecule has 1 aliphatic heterocycles. The van der Waals surface area contributed by atoms with Crippen LogP contribution in [-0.4, -0.2) is 33.8 Å². The highest BCUT2D eigenvalue weighted by Crippen LogP contribution is 2.38. The first-order valence-electron chi connectivity index (χ1n) is 8.43. The zero-order valence-corrected chi connectivity index (χ0v) is 15.6. The Kier molecular flexibility index (Phi) is 4.77. The van der Waals surface area contributed by atoms with Crippen molar-refractivity contribution in [1.82, 2.24) is 4.90 Å². The van der Waals surface area contributed by atoms with Crippen molar-refractivity contribution < 1.29 is 9.59 Å². The van der Waals surface area contributed by atoms with E-state index in [9.17, 15) is 9.59 Å². The number of nitrogens with two attached hydrogens (primary N) is 1. The average molecular weight is 331 g/mol. The Morgan fingerprint density at radius 2 is 1.54 bits per heavy atom. The van der Waals surface area contributed by atoms with Crippen LogP contribution >= 0.6 is 0 Å². The highest BCUT2D eigenvalue weighted by Gasteiger charge is 2.48. The van der Waals surface area contributed by atoms with Crippen LogP contribution < -0.4 is 11.1 Å². The van der Waals surface area contributed by atoms with E-state index in [2.05, 4.69) is 5.32 Å². The molecule has 0 atom stereocenters. The predicted molar refractivity (Wildman–Crippen MR) is 96.8 cm³/mol. The minimum Gasteiger partial charge on any atom is -0.328 e. The molecule has 1 aromatic rings. The number of likely N-dealkylation sites (tertiary alicyclic amines) is 1. The summed E-state index contributed by atoms with van der Waals surface area (Å²) in [6.45, 7) is 11.7. The maximum atomic E-state index is 12.9. The van der Waals surface area contributed by atoms with Gasteiger partial charge in [0.05, 0.1) is 0 Å². The smallest absolute Gasteiger partial charge is 0.313 e. The molecule has 0 bridgehead atoms. The number of amides is 2. The standard InChI is InChI=1S/C19H29N3O2/c1-12-8-7-9-13(2)15(12)21-16(23)17(24)22-18(3,4)10-14(20)11-19(22,5)6/h7-9,14H,10-11,20H2,1-6H3,(H,21,23). The van der Waals surface area contributed by atoms with Gasteiger partial charge in [-0.2, -0.15) is 0 Å².